The van der Waals surface area contributed by atoms with Gasteiger partial charge in [-0.15, -0.1) is 0 Å². The molecule has 0 saturated carbocycles. The summed E-state index contributed by atoms with van der Waals surface area (Å²) >= 11 is 0. The molecule has 15 heavy (non-hydrogen) atoms. The predicted molar refractivity (Wildman–Crippen MR) is 53.4 cm³/mol. The third-order valence-electron chi connectivity index (χ3n) is 1.57. The minimum atomic E-state index is -1.70. The normalized spacial score (nSPS) is 18.0. The molecule has 87 valence electrons. The van der Waals surface area contributed by atoms with Gasteiger partial charge in [-0.1, -0.05) is 0 Å². The second-order valence-electron chi connectivity index (χ2n) is 2.59. The molecule has 0 aliphatic heterocycles. The monoisotopic (exact) mass is 251 g/mol. The molecule has 4 atom stereocenters. The molecule has 0 aliphatic rings. The van der Waals surface area contributed by atoms with Crippen molar-refractivity contribution in [2.24, 2.45) is 0 Å². The van der Waals surface area contributed by atoms with E-state index in [0.717, 1.165) is 0 Å². The minimum Gasteiger partial charge on any atom is -1.00 e. The molecule has 0 aromatic heterocycles. The van der Waals surface area contributed by atoms with E-state index in [2.05, 4.69) is 4.89 Å². The third kappa shape index (κ3) is 7.84. The Morgan fingerprint density at radius 3 is 1.73 bits per heavy atom. The number of hydrogen-bond acceptors (Lipinski definition) is 7. The molecule has 0 aromatic rings. The van der Waals surface area contributed by atoms with Crippen LogP contribution in [0.15, 0.2) is 0 Å². The second kappa shape index (κ2) is 11.5. The third-order valence-corrected chi connectivity index (χ3v) is 1.57. The van der Waals surface area contributed by atoms with Gasteiger partial charge in [0.15, 0.2) is 0 Å². The van der Waals surface area contributed by atoms with Crippen molar-refractivity contribution in [1.82, 2.24) is 0 Å². The van der Waals surface area contributed by atoms with Crippen LogP contribution in [-0.2, 0) is 4.89 Å². The molecule has 9 heteroatoms. The molecule has 0 unspecified atom stereocenters. The van der Waals surface area contributed by atoms with Crippen LogP contribution >= 0.6 is 0 Å². The van der Waals surface area contributed by atoms with Crippen molar-refractivity contribution in [2.75, 3.05) is 13.2 Å². The second-order valence-corrected chi connectivity index (χ2v) is 2.59. The van der Waals surface area contributed by atoms with Crippen molar-refractivity contribution in [2.45, 2.75) is 24.4 Å². The molecule has 0 spiro atoms. The molecule has 0 aromatic carbocycles. The van der Waals surface area contributed by atoms with E-state index in [4.69, 9.17) is 30.8 Å². The van der Waals surface area contributed by atoms with Gasteiger partial charge < -0.3 is 28.4 Å². The topological polar surface area (TPSA) is 131 Å². The molecule has 0 aliphatic carbocycles. The summed E-state index contributed by atoms with van der Waals surface area (Å²) in [5.74, 6) is 0. The van der Waals surface area contributed by atoms with Gasteiger partial charge in [0.1, 0.15) is 31.0 Å². The Hall–Kier alpha value is 1.02. The van der Waals surface area contributed by atoms with Crippen molar-refractivity contribution >= 4 is 40.4 Å². The van der Waals surface area contributed by atoms with Crippen LogP contribution in [0.25, 0.3) is 0 Å². The average Bonchev–Trinajstić information content (AvgIpc) is 2.14. The first-order chi connectivity index (χ1) is 6.04. The molecule has 7 nitrogen and oxygen atoms in total. The van der Waals surface area contributed by atoms with Gasteiger partial charge in [0.2, 0.25) is 0 Å². The first-order valence-corrected chi connectivity index (χ1v) is 3.64. The first kappa shape index (κ1) is 21.3. The van der Waals surface area contributed by atoms with Crippen molar-refractivity contribution in [3.63, 3.8) is 0 Å². The van der Waals surface area contributed by atoms with Crippen LogP contribution in [0.3, 0.4) is 0 Å². The predicted octanol–water partition coefficient (Wildman–Crippen LogP) is -3.62. The maximum atomic E-state index is 9.06. The van der Waals surface area contributed by atoms with Crippen molar-refractivity contribution < 1.29 is 38.5 Å². The van der Waals surface area contributed by atoms with E-state index >= 15 is 0 Å². The fraction of sp³-hybridized carbons (Fsp3) is 1.00. The van der Waals surface area contributed by atoms with Crippen molar-refractivity contribution in [3.8, 4) is 0 Å². The fourth-order valence-corrected chi connectivity index (χ4v) is 0.738. The van der Waals surface area contributed by atoms with Crippen LogP contribution in [0.4, 0.5) is 0 Å². The smallest absolute Gasteiger partial charge is 1.00 e. The quantitative estimate of drug-likeness (QED) is 0.163. The maximum Gasteiger partial charge on any atom is 2.00 e. The van der Waals surface area contributed by atoms with Gasteiger partial charge in [0, 0.05) is 17.4 Å². The SMILES string of the molecule is OC[C@@H](O)[C@@H](O)[C@H](O)[C@H](O)COO.[Al].[H-].[H-].[Mg+2]. The molecule has 0 bridgehead atoms. The summed E-state index contributed by atoms with van der Waals surface area (Å²) in [7, 11) is 0. The molecular weight excluding hydrogens is 235 g/mol. The summed E-state index contributed by atoms with van der Waals surface area (Å²) in [4.78, 5) is 3.52. The van der Waals surface area contributed by atoms with Crippen LogP contribution in [0.1, 0.15) is 2.85 Å². The zero-order valence-corrected chi connectivity index (χ0v) is 10.7. The molecule has 0 rings (SSSR count). The Balaban J connectivity index is -0.000000120. The summed E-state index contributed by atoms with van der Waals surface area (Å²) in [6.45, 7) is -1.35. The number of rotatable bonds is 6. The number of hydrogen-bond donors (Lipinski definition) is 6. The Bertz CT molecular complexity index is 150. The zero-order chi connectivity index (χ0) is 10.4. The van der Waals surface area contributed by atoms with Crippen LogP contribution < -0.4 is 0 Å². The van der Waals surface area contributed by atoms with Gasteiger partial charge in [0.05, 0.1) is 6.61 Å². The van der Waals surface area contributed by atoms with Gasteiger partial charge in [-0.2, -0.15) is 0 Å². The van der Waals surface area contributed by atoms with E-state index in [1.807, 2.05) is 0 Å². The van der Waals surface area contributed by atoms with E-state index in [9.17, 15) is 0 Å². The van der Waals surface area contributed by atoms with E-state index < -0.39 is 37.6 Å². The van der Waals surface area contributed by atoms with Gasteiger partial charge in [0.25, 0.3) is 0 Å². The van der Waals surface area contributed by atoms with E-state index in [-0.39, 0.29) is 43.3 Å². The molecule has 6 N–H and O–H groups in total. The Morgan fingerprint density at radius 2 is 1.40 bits per heavy atom. The van der Waals surface area contributed by atoms with Crippen molar-refractivity contribution in [1.29, 1.82) is 0 Å². The van der Waals surface area contributed by atoms with Gasteiger partial charge >= 0.3 is 23.1 Å². The number of aliphatic hydroxyl groups excluding tert-OH is 5. The van der Waals surface area contributed by atoms with E-state index in [1.54, 1.807) is 0 Å². The number of aliphatic hydroxyl groups is 5. The molecule has 0 saturated heterocycles. The van der Waals surface area contributed by atoms with Crippen LogP contribution in [0.5, 0.6) is 0 Å². The Labute approximate surface area is 116 Å². The van der Waals surface area contributed by atoms with Gasteiger partial charge in [-0.05, 0) is 0 Å². The largest absolute Gasteiger partial charge is 2.00 e. The van der Waals surface area contributed by atoms with Gasteiger partial charge in [-0.3, -0.25) is 5.26 Å². The fourth-order valence-electron chi connectivity index (χ4n) is 0.738. The molecule has 0 amide bonds. The summed E-state index contributed by atoms with van der Waals surface area (Å²) in [5, 5.41) is 52.1. The van der Waals surface area contributed by atoms with E-state index in [1.165, 1.54) is 0 Å². The van der Waals surface area contributed by atoms with Crippen LogP contribution in [0.2, 0.25) is 0 Å². The summed E-state index contributed by atoms with van der Waals surface area (Å²) in [6, 6.07) is 0. The van der Waals surface area contributed by atoms with Crippen molar-refractivity contribution in [3.05, 3.63) is 0 Å². The van der Waals surface area contributed by atoms with E-state index in [0.29, 0.717) is 0 Å². The molecule has 3 radical (unpaired) electrons. The zero-order valence-electron chi connectivity index (χ0n) is 10.1. The Kier molecular flexibility index (Phi) is 16.3. The summed E-state index contributed by atoms with van der Waals surface area (Å²) in [6.07, 6.45) is -6.49. The van der Waals surface area contributed by atoms with Crippen LogP contribution in [-0.4, -0.2) is 109 Å². The minimum absolute atomic E-state index is 0. The average molecular weight is 251 g/mol. The molecule has 0 heterocycles. The standard InChI is InChI=1S/C6H14O7.Al.Mg.2H/c7-1-3(8)5(10)6(11)4(9)2-13-12;;;;/h3-12H,1-2H2;;;;/q;;+2;2*-1/t3-,4-,5-,6-;;;;/m1..../s1. The first-order valence-electron chi connectivity index (χ1n) is 3.64. The molecular formula is C6H16AlMgO7. The molecule has 0 fully saturated rings. The van der Waals surface area contributed by atoms with Crippen LogP contribution in [0, 0.1) is 0 Å². The summed E-state index contributed by atoms with van der Waals surface area (Å²) in [5.41, 5.74) is 0. The summed E-state index contributed by atoms with van der Waals surface area (Å²) < 4.78 is 0. The van der Waals surface area contributed by atoms with Gasteiger partial charge in [-0.25, -0.2) is 4.89 Å². The maximum absolute atomic E-state index is 9.06. The Morgan fingerprint density at radius 1 is 1.00 bits per heavy atom.